The lowest BCUT2D eigenvalue weighted by molar-refractivity contribution is -0.127. The van der Waals surface area contributed by atoms with Crippen molar-refractivity contribution >= 4 is 48.3 Å². The monoisotopic (exact) mass is 408 g/mol. The fourth-order valence-electron chi connectivity index (χ4n) is 2.55. The SMILES string of the molecule is CC(=O)N(C)C.CC(=O)N(C)C.c1ccc2c(c1)NB1Nc3ccccc3NB1N2. The number of rotatable bonds is 0. The zero-order valence-corrected chi connectivity index (χ0v) is 18.5. The summed E-state index contributed by atoms with van der Waals surface area (Å²) in [6.45, 7) is 3.35. The van der Waals surface area contributed by atoms with Crippen LogP contribution < -0.4 is 20.9 Å². The molecule has 8 nitrogen and oxygen atoms in total. The Kier molecular flexibility index (Phi) is 8.03. The Hall–Kier alpha value is -3.29. The first-order valence-electron chi connectivity index (χ1n) is 9.79. The van der Waals surface area contributed by atoms with Gasteiger partial charge in [0.2, 0.25) is 11.8 Å². The molecular weight excluding hydrogens is 378 g/mol. The van der Waals surface area contributed by atoms with Crippen molar-refractivity contribution in [3.63, 3.8) is 0 Å². The van der Waals surface area contributed by atoms with Gasteiger partial charge in [-0.1, -0.05) is 24.3 Å². The van der Waals surface area contributed by atoms with Gasteiger partial charge in [-0.05, 0) is 24.3 Å². The highest BCUT2D eigenvalue weighted by molar-refractivity contribution is 7.28. The molecule has 2 amide bonds. The third-order valence-electron chi connectivity index (χ3n) is 4.69. The number of benzene rings is 2. The maximum absolute atomic E-state index is 10.1. The minimum absolute atomic E-state index is 0.0926. The Morgan fingerprint density at radius 3 is 0.967 bits per heavy atom. The van der Waals surface area contributed by atoms with E-state index in [4.69, 9.17) is 0 Å². The van der Waals surface area contributed by atoms with Crippen molar-refractivity contribution in [2.75, 3.05) is 49.1 Å². The summed E-state index contributed by atoms with van der Waals surface area (Å²) in [6.07, 6.45) is 0. The molecule has 0 aliphatic carbocycles. The van der Waals surface area contributed by atoms with Crippen molar-refractivity contribution < 1.29 is 9.59 Å². The number of hydrogen-bond acceptors (Lipinski definition) is 6. The molecule has 0 aromatic heterocycles. The molecule has 4 N–H and O–H groups in total. The summed E-state index contributed by atoms with van der Waals surface area (Å²) in [5, 5.41) is 14.0. The van der Waals surface area contributed by atoms with E-state index in [0.717, 1.165) is 22.7 Å². The second-order valence-corrected chi connectivity index (χ2v) is 7.45. The van der Waals surface area contributed by atoms with Crippen LogP contribution in [0.1, 0.15) is 13.8 Å². The predicted molar refractivity (Wildman–Crippen MR) is 128 cm³/mol. The van der Waals surface area contributed by atoms with Gasteiger partial charge in [-0.25, -0.2) is 0 Å². The minimum Gasteiger partial charge on any atom is -0.411 e. The molecule has 2 heterocycles. The number of nitrogens with zero attached hydrogens (tertiary/aromatic N) is 2. The van der Waals surface area contributed by atoms with E-state index in [0.29, 0.717) is 0 Å². The fourth-order valence-corrected chi connectivity index (χ4v) is 2.55. The molecule has 0 saturated heterocycles. The van der Waals surface area contributed by atoms with Crippen molar-refractivity contribution in [1.29, 1.82) is 0 Å². The summed E-state index contributed by atoms with van der Waals surface area (Å²) in [7, 11) is 6.90. The van der Waals surface area contributed by atoms with E-state index < -0.39 is 0 Å². The maximum atomic E-state index is 10.1. The van der Waals surface area contributed by atoms with E-state index in [-0.39, 0.29) is 25.6 Å². The third kappa shape index (κ3) is 6.37. The molecule has 0 radical (unpaired) electrons. The van der Waals surface area contributed by atoms with Crippen molar-refractivity contribution in [1.82, 2.24) is 9.80 Å². The number of carbonyl (C=O) groups excluding carboxylic acids is 2. The van der Waals surface area contributed by atoms with Gasteiger partial charge < -0.3 is 30.7 Å². The van der Waals surface area contributed by atoms with Crippen LogP contribution in [0, 0.1) is 0 Å². The molecule has 158 valence electrons. The molecule has 0 unspecified atom stereocenters. The van der Waals surface area contributed by atoms with Gasteiger partial charge in [0.1, 0.15) is 0 Å². The van der Waals surface area contributed by atoms with Gasteiger partial charge >= 0.3 is 13.7 Å². The highest BCUT2D eigenvalue weighted by atomic mass is 16.2. The Balaban J connectivity index is 0.000000224. The first-order valence-corrected chi connectivity index (χ1v) is 9.79. The van der Waals surface area contributed by atoms with E-state index in [1.807, 2.05) is 24.3 Å². The molecule has 2 aromatic carbocycles. The van der Waals surface area contributed by atoms with E-state index in [2.05, 4.69) is 45.2 Å². The molecule has 4 rings (SSSR count). The lowest BCUT2D eigenvalue weighted by atomic mass is 9.32. The van der Waals surface area contributed by atoms with Crippen LogP contribution >= 0.6 is 0 Å². The molecule has 0 saturated carbocycles. The van der Waals surface area contributed by atoms with Crippen LogP contribution in [0.2, 0.25) is 0 Å². The molecule has 10 heteroatoms. The molecule has 0 fully saturated rings. The van der Waals surface area contributed by atoms with Gasteiger partial charge in [0.25, 0.3) is 0 Å². The first-order chi connectivity index (χ1) is 14.2. The summed E-state index contributed by atoms with van der Waals surface area (Å²) < 4.78 is 0. The van der Waals surface area contributed by atoms with Crippen LogP contribution in [-0.2, 0) is 9.59 Å². The van der Waals surface area contributed by atoms with Crippen LogP contribution in [0.4, 0.5) is 22.7 Å². The second-order valence-electron chi connectivity index (χ2n) is 7.45. The lowest BCUT2D eigenvalue weighted by Crippen LogP contribution is -2.62. The van der Waals surface area contributed by atoms with Crippen LogP contribution in [0.3, 0.4) is 0 Å². The average molecular weight is 408 g/mol. The molecule has 30 heavy (non-hydrogen) atoms. The third-order valence-corrected chi connectivity index (χ3v) is 4.69. The predicted octanol–water partition coefficient (Wildman–Crippen LogP) is 2.31. The smallest absolute Gasteiger partial charge is 0.385 e. The highest BCUT2D eigenvalue weighted by Gasteiger charge is 2.41. The van der Waals surface area contributed by atoms with Crippen molar-refractivity contribution in [2.24, 2.45) is 0 Å². The van der Waals surface area contributed by atoms with Gasteiger partial charge in [0, 0.05) is 64.8 Å². The lowest BCUT2D eigenvalue weighted by Gasteiger charge is -2.36. The van der Waals surface area contributed by atoms with Crippen molar-refractivity contribution in [3.8, 4) is 0 Å². The number of hydrogen-bond donors (Lipinski definition) is 4. The quantitative estimate of drug-likeness (QED) is 0.501. The molecule has 2 aliphatic rings. The van der Waals surface area contributed by atoms with Crippen LogP contribution in [0.25, 0.3) is 0 Å². The summed E-state index contributed by atoms with van der Waals surface area (Å²) in [6, 6.07) is 16.5. The minimum atomic E-state index is 0.0926. The number of carbonyl (C=O) groups is 2. The average Bonchev–Trinajstić information content (AvgIpc) is 2.71. The number of fused-ring (bicyclic) bond motifs is 3. The molecule has 0 atom stereocenters. The highest BCUT2D eigenvalue weighted by Crippen LogP contribution is 2.31. The van der Waals surface area contributed by atoms with E-state index in [1.165, 1.54) is 23.6 Å². The Labute approximate surface area is 179 Å². The van der Waals surface area contributed by atoms with Gasteiger partial charge in [-0.15, -0.1) is 0 Å². The molecular formula is C20H30B2N6O2. The first kappa shape index (κ1) is 23.0. The number of amides is 2. The molecule has 2 aliphatic heterocycles. The largest absolute Gasteiger partial charge is 0.411 e. The number of anilines is 4. The summed E-state index contributed by atoms with van der Waals surface area (Å²) >= 11 is 0. The summed E-state index contributed by atoms with van der Waals surface area (Å²) in [4.78, 5) is 23.2. The molecule has 0 bridgehead atoms. The number of nitrogens with one attached hydrogen (secondary N) is 4. The fraction of sp³-hybridized carbons (Fsp3) is 0.300. The Bertz CT molecular complexity index is 756. The summed E-state index contributed by atoms with van der Waals surface area (Å²) in [5.74, 6) is 0.185. The van der Waals surface area contributed by atoms with Gasteiger partial charge in [-0.2, -0.15) is 0 Å². The van der Waals surface area contributed by atoms with Gasteiger partial charge in [-0.3, -0.25) is 9.59 Å². The van der Waals surface area contributed by atoms with Crippen LogP contribution in [-0.4, -0.2) is 63.6 Å². The van der Waals surface area contributed by atoms with E-state index in [9.17, 15) is 9.59 Å². The molecule has 0 spiro atoms. The Morgan fingerprint density at radius 2 is 0.800 bits per heavy atom. The van der Waals surface area contributed by atoms with Crippen LogP contribution in [0.5, 0.6) is 0 Å². The van der Waals surface area contributed by atoms with Gasteiger partial charge in [0.15, 0.2) is 0 Å². The van der Waals surface area contributed by atoms with Crippen molar-refractivity contribution in [2.45, 2.75) is 13.8 Å². The van der Waals surface area contributed by atoms with E-state index in [1.54, 1.807) is 28.2 Å². The van der Waals surface area contributed by atoms with Crippen LogP contribution in [0.15, 0.2) is 48.5 Å². The number of para-hydroxylation sites is 4. The van der Waals surface area contributed by atoms with Gasteiger partial charge in [0.05, 0.1) is 0 Å². The van der Waals surface area contributed by atoms with Crippen molar-refractivity contribution in [3.05, 3.63) is 48.5 Å². The maximum Gasteiger partial charge on any atom is 0.385 e. The normalized spacial score (nSPS) is 12.2. The zero-order chi connectivity index (χ0) is 22.3. The topological polar surface area (TPSA) is 88.7 Å². The second kappa shape index (κ2) is 10.5. The standard InChI is InChI=1S/C12H12B2N4.2C4H9NO/c1-2-6-10-9(5-1)15-13-14(16-10)18-12-8-4-3-7-11(12)17-13;2*1-4(6)5(2)3/h1-8,15-18H;2*1-3H3. The molecule has 2 aromatic rings. The van der Waals surface area contributed by atoms with E-state index >= 15 is 0 Å². The summed E-state index contributed by atoms with van der Waals surface area (Å²) in [5.41, 5.74) is 4.53. The Morgan fingerprint density at radius 1 is 0.600 bits per heavy atom. The zero-order valence-electron chi connectivity index (χ0n) is 18.5.